The Balaban J connectivity index is 1.87. The fourth-order valence-electron chi connectivity index (χ4n) is 3.34. The van der Waals surface area contributed by atoms with Gasteiger partial charge < -0.3 is 25.0 Å². The van der Waals surface area contributed by atoms with Gasteiger partial charge in [-0.05, 0) is 31.6 Å². The minimum absolute atomic E-state index is 0.0432. The van der Waals surface area contributed by atoms with E-state index in [1.165, 1.54) is 6.08 Å². The Labute approximate surface area is 206 Å². The van der Waals surface area contributed by atoms with Gasteiger partial charge in [0, 0.05) is 62.4 Å². The largest absolute Gasteiger partial charge is 0.481 e. The van der Waals surface area contributed by atoms with Gasteiger partial charge in [0.1, 0.15) is 11.6 Å². The number of aromatic nitrogens is 3. The average Bonchev–Trinajstić information content (AvgIpc) is 2.85. The molecule has 0 unspecified atom stereocenters. The van der Waals surface area contributed by atoms with Gasteiger partial charge in [0.05, 0.1) is 13.7 Å². The first-order valence-corrected chi connectivity index (χ1v) is 11.2. The Morgan fingerprint density at radius 1 is 1.14 bits per heavy atom. The molecule has 9 nitrogen and oxygen atoms in total. The lowest BCUT2D eigenvalue weighted by Gasteiger charge is -2.19. The lowest BCUT2D eigenvalue weighted by molar-refractivity contribution is -0.114. The number of nitrogens with one attached hydrogen (secondary N) is 2. The first-order valence-electron chi connectivity index (χ1n) is 11.2. The van der Waals surface area contributed by atoms with Crippen molar-refractivity contribution in [3.8, 4) is 5.88 Å². The number of methoxy groups -OCH3 is 2. The zero-order valence-electron chi connectivity index (χ0n) is 20.9. The van der Waals surface area contributed by atoms with Crippen molar-refractivity contribution in [1.29, 1.82) is 0 Å². The van der Waals surface area contributed by atoms with Crippen LogP contribution >= 0.6 is 0 Å². The van der Waals surface area contributed by atoms with Crippen LogP contribution < -0.4 is 20.3 Å². The molecule has 2 aromatic heterocycles. The molecule has 2 N–H and O–H groups in total. The van der Waals surface area contributed by atoms with Crippen molar-refractivity contribution in [1.82, 2.24) is 15.0 Å². The summed E-state index contributed by atoms with van der Waals surface area (Å²) in [4.78, 5) is 27.6. The van der Waals surface area contributed by atoms with Crippen molar-refractivity contribution < 1.29 is 14.3 Å². The summed E-state index contributed by atoms with van der Waals surface area (Å²) in [6.07, 6.45) is 3.34. The lowest BCUT2D eigenvalue weighted by Crippen LogP contribution is -2.23. The number of likely N-dealkylation sites (N-methyl/N-ethyl adjacent to an activating group) is 1. The van der Waals surface area contributed by atoms with Gasteiger partial charge in [0.2, 0.25) is 11.8 Å². The number of pyridine rings is 1. The Morgan fingerprint density at radius 2 is 1.94 bits per heavy atom. The van der Waals surface area contributed by atoms with E-state index in [2.05, 4.69) is 32.2 Å². The predicted octanol–water partition coefficient (Wildman–Crippen LogP) is 4.36. The highest BCUT2D eigenvalue weighted by Crippen LogP contribution is 2.27. The number of hydrogen-bond acceptors (Lipinski definition) is 9. The van der Waals surface area contributed by atoms with Gasteiger partial charge in [-0.3, -0.25) is 4.79 Å². The van der Waals surface area contributed by atoms with Crippen LogP contribution in [0.2, 0.25) is 0 Å². The van der Waals surface area contributed by atoms with Gasteiger partial charge in [-0.25, -0.2) is 4.98 Å². The number of ketones is 1. The van der Waals surface area contributed by atoms with Gasteiger partial charge in [-0.2, -0.15) is 9.97 Å². The zero-order chi connectivity index (χ0) is 25.4. The van der Waals surface area contributed by atoms with E-state index in [-0.39, 0.29) is 12.2 Å². The third-order valence-electron chi connectivity index (χ3n) is 5.35. The Hall–Kier alpha value is -3.98. The number of anilines is 5. The van der Waals surface area contributed by atoms with Crippen LogP contribution in [0.4, 0.5) is 29.0 Å². The Bertz CT molecular complexity index is 1200. The number of hydrogen-bond donors (Lipinski definition) is 2. The minimum Gasteiger partial charge on any atom is -0.481 e. The van der Waals surface area contributed by atoms with Crippen LogP contribution in [0.3, 0.4) is 0 Å². The highest BCUT2D eigenvalue weighted by molar-refractivity contribution is 5.92. The fraction of sp³-hybridized carbons (Fsp3) is 0.308. The zero-order valence-corrected chi connectivity index (χ0v) is 20.9. The van der Waals surface area contributed by atoms with Crippen molar-refractivity contribution in [3.63, 3.8) is 0 Å². The van der Waals surface area contributed by atoms with Crippen molar-refractivity contribution in [3.05, 3.63) is 65.9 Å². The molecule has 0 spiro atoms. The van der Waals surface area contributed by atoms with E-state index in [0.29, 0.717) is 30.8 Å². The molecule has 0 amide bonds. The molecule has 0 radical (unpaired) electrons. The molecule has 1 aromatic carbocycles. The molecule has 0 aliphatic heterocycles. The average molecular weight is 477 g/mol. The molecule has 0 aliphatic rings. The van der Waals surface area contributed by atoms with Crippen LogP contribution in [0.5, 0.6) is 5.88 Å². The maximum atomic E-state index is 12.0. The van der Waals surface area contributed by atoms with E-state index >= 15 is 0 Å². The Kier molecular flexibility index (Phi) is 8.74. The Morgan fingerprint density at radius 3 is 2.66 bits per heavy atom. The lowest BCUT2D eigenvalue weighted by atomic mass is 10.0. The van der Waals surface area contributed by atoms with Gasteiger partial charge in [0.25, 0.3) is 0 Å². The third-order valence-corrected chi connectivity index (χ3v) is 5.35. The van der Waals surface area contributed by atoms with Crippen LogP contribution in [0.1, 0.15) is 16.7 Å². The van der Waals surface area contributed by atoms with E-state index in [4.69, 9.17) is 9.47 Å². The van der Waals surface area contributed by atoms with E-state index in [0.717, 1.165) is 33.9 Å². The van der Waals surface area contributed by atoms with Crippen LogP contribution in [0.25, 0.3) is 0 Å². The normalized spacial score (nSPS) is 10.5. The minimum atomic E-state index is -0.0432. The molecule has 0 saturated heterocycles. The number of carbonyl (C=O) groups is 1. The van der Waals surface area contributed by atoms with Crippen LogP contribution in [0.15, 0.2) is 49.2 Å². The van der Waals surface area contributed by atoms with E-state index in [1.54, 1.807) is 26.5 Å². The van der Waals surface area contributed by atoms with Crippen LogP contribution in [0, 0.1) is 13.8 Å². The molecule has 0 fully saturated rings. The van der Waals surface area contributed by atoms with Gasteiger partial charge in [-0.1, -0.05) is 24.3 Å². The third kappa shape index (κ3) is 7.00. The maximum absolute atomic E-state index is 12.0. The summed E-state index contributed by atoms with van der Waals surface area (Å²) in [7, 11) is 5.17. The molecule has 35 heavy (non-hydrogen) atoms. The second-order valence-corrected chi connectivity index (χ2v) is 8.15. The highest BCUT2D eigenvalue weighted by atomic mass is 16.5. The number of benzene rings is 1. The van der Waals surface area contributed by atoms with Crippen molar-refractivity contribution in [2.75, 3.05) is 50.0 Å². The summed E-state index contributed by atoms with van der Waals surface area (Å²) in [5, 5.41) is 6.60. The number of allylic oxidation sites excluding steroid dienone is 1. The number of ether oxygens (including phenoxy) is 2. The van der Waals surface area contributed by atoms with E-state index < -0.39 is 0 Å². The van der Waals surface area contributed by atoms with Crippen molar-refractivity contribution in [2.45, 2.75) is 20.3 Å². The monoisotopic (exact) mass is 476 g/mol. The molecule has 9 heteroatoms. The first-order chi connectivity index (χ1) is 16.8. The maximum Gasteiger partial charge on any atom is 0.229 e. The van der Waals surface area contributed by atoms with E-state index in [9.17, 15) is 4.79 Å². The van der Waals surface area contributed by atoms with Crippen LogP contribution in [-0.4, -0.2) is 55.2 Å². The van der Waals surface area contributed by atoms with Crippen molar-refractivity contribution in [2.24, 2.45) is 0 Å². The molecule has 184 valence electrons. The van der Waals surface area contributed by atoms with E-state index in [1.807, 2.05) is 50.1 Å². The summed E-state index contributed by atoms with van der Waals surface area (Å²) in [5.41, 5.74) is 4.36. The first kappa shape index (κ1) is 25.6. The van der Waals surface area contributed by atoms with Crippen molar-refractivity contribution >= 4 is 34.7 Å². The van der Waals surface area contributed by atoms with Gasteiger partial charge in [0.15, 0.2) is 5.78 Å². The molecule has 2 heterocycles. The molecule has 0 aliphatic carbocycles. The molecule has 0 bridgehead atoms. The number of nitrogens with zero attached hydrogens (tertiary/aromatic N) is 4. The topological polar surface area (TPSA) is 102 Å². The molecular formula is C26H32N6O3. The van der Waals surface area contributed by atoms with Crippen LogP contribution in [-0.2, 0) is 16.0 Å². The quantitative estimate of drug-likeness (QED) is 0.369. The number of rotatable bonds is 12. The molecule has 3 aromatic rings. The summed E-state index contributed by atoms with van der Waals surface area (Å²) < 4.78 is 10.5. The molecule has 0 saturated carbocycles. The SMILES string of the molecule is C=CC(=O)Cc1cc(C)ccc1Nc1nc(Nc2cc(OC)nc(N(C)CCOC)c2)ncc1C. The number of carbonyl (C=O) groups excluding carboxylic acids is 1. The second kappa shape index (κ2) is 11.9. The summed E-state index contributed by atoms with van der Waals surface area (Å²) in [6.45, 7) is 8.75. The molecule has 3 rings (SSSR count). The standard InChI is InChI=1S/C26H32N6O3/c1-7-21(33)13-19-12-17(2)8-9-22(19)29-25-18(3)16-27-26(31-25)28-20-14-23(30-24(15-20)35-6)32(4)10-11-34-5/h7-9,12,14-16H,1,10-11,13H2,2-6H3,(H2,27,28,29,30,31). The smallest absolute Gasteiger partial charge is 0.229 e. The fourth-order valence-corrected chi connectivity index (χ4v) is 3.34. The highest BCUT2D eigenvalue weighted by Gasteiger charge is 2.12. The van der Waals surface area contributed by atoms with Gasteiger partial charge in [-0.15, -0.1) is 0 Å². The summed E-state index contributed by atoms with van der Waals surface area (Å²) in [5.74, 6) is 2.20. The summed E-state index contributed by atoms with van der Waals surface area (Å²) >= 11 is 0. The number of aryl methyl sites for hydroxylation is 2. The predicted molar refractivity (Wildman–Crippen MR) is 139 cm³/mol. The summed E-state index contributed by atoms with van der Waals surface area (Å²) in [6, 6.07) is 9.61. The second-order valence-electron chi connectivity index (χ2n) is 8.15. The molecule has 0 atom stereocenters. The molecular weight excluding hydrogens is 444 g/mol. The van der Waals surface area contributed by atoms with Gasteiger partial charge >= 0.3 is 0 Å².